The van der Waals surface area contributed by atoms with Gasteiger partial charge in [0.25, 0.3) is 5.91 Å². The normalized spacial score (nSPS) is 15.2. The predicted molar refractivity (Wildman–Crippen MR) is 113 cm³/mol. The third-order valence-electron chi connectivity index (χ3n) is 4.69. The molecule has 3 aromatic rings. The summed E-state index contributed by atoms with van der Waals surface area (Å²) in [6.07, 6.45) is 1.24. The Bertz CT molecular complexity index is 1010. The lowest BCUT2D eigenvalue weighted by atomic mass is 10.2. The second-order valence-electron chi connectivity index (χ2n) is 6.52. The van der Waals surface area contributed by atoms with Crippen LogP contribution in [0.2, 0.25) is 0 Å². The van der Waals surface area contributed by atoms with Gasteiger partial charge >= 0.3 is 0 Å². The lowest BCUT2D eigenvalue weighted by molar-refractivity contribution is 0.0993. The van der Waals surface area contributed by atoms with Gasteiger partial charge in [0, 0.05) is 18.0 Å². The highest BCUT2D eigenvalue weighted by Gasteiger charge is 2.39. The minimum absolute atomic E-state index is 0.0873. The van der Waals surface area contributed by atoms with Gasteiger partial charge in [-0.1, -0.05) is 18.2 Å². The number of carbonyl (C=O) groups excluding carboxylic acids is 1. The topological polar surface area (TPSA) is 63.7 Å². The average Bonchev–Trinajstić information content (AvgIpc) is 3.03. The summed E-state index contributed by atoms with van der Waals surface area (Å²) in [5.41, 5.74) is 2.82. The Morgan fingerprint density at radius 1 is 1.00 bits per heavy atom. The zero-order valence-electron chi connectivity index (χ0n) is 16.5. The zero-order valence-corrected chi connectivity index (χ0v) is 16.5. The van der Waals surface area contributed by atoms with Gasteiger partial charge in [0.15, 0.2) is 6.17 Å². The molecule has 0 saturated carbocycles. The van der Waals surface area contributed by atoms with Crippen molar-refractivity contribution in [3.63, 3.8) is 0 Å². The Hall–Kier alpha value is -3.54. The number of nitrogens with one attached hydrogen (secondary N) is 1. The number of hydrogen-bond donors (Lipinski definition) is 1. The Balaban J connectivity index is 1.77. The highest BCUT2D eigenvalue weighted by Crippen LogP contribution is 2.39. The van der Waals surface area contributed by atoms with E-state index in [1.165, 1.54) is 0 Å². The molecule has 2 heterocycles. The van der Waals surface area contributed by atoms with Gasteiger partial charge in [-0.15, -0.1) is 0 Å². The molecular weight excluding hydrogens is 366 g/mol. The van der Waals surface area contributed by atoms with Crippen LogP contribution in [0.3, 0.4) is 0 Å². The molecule has 0 unspecified atom stereocenters. The molecule has 0 spiro atoms. The molecule has 0 radical (unpaired) electrons. The van der Waals surface area contributed by atoms with Crippen molar-refractivity contribution in [2.24, 2.45) is 0 Å². The monoisotopic (exact) mass is 389 g/mol. The van der Waals surface area contributed by atoms with Crippen molar-refractivity contribution >= 4 is 17.3 Å². The van der Waals surface area contributed by atoms with Crippen LogP contribution in [-0.4, -0.2) is 24.1 Å². The van der Waals surface area contributed by atoms with E-state index in [0.717, 1.165) is 17.1 Å². The van der Waals surface area contributed by atoms with E-state index in [0.29, 0.717) is 30.2 Å². The van der Waals surface area contributed by atoms with Crippen LogP contribution in [0.1, 0.15) is 36.1 Å². The minimum atomic E-state index is -0.461. The van der Waals surface area contributed by atoms with Crippen LogP contribution in [0, 0.1) is 0 Å². The number of anilines is 2. The molecule has 1 aromatic heterocycles. The molecule has 6 nitrogen and oxygen atoms in total. The minimum Gasteiger partial charge on any atom is -0.494 e. The van der Waals surface area contributed by atoms with E-state index in [-0.39, 0.29) is 5.91 Å². The molecule has 1 N–H and O–H groups in total. The van der Waals surface area contributed by atoms with Crippen molar-refractivity contribution in [2.75, 3.05) is 23.4 Å². The number of benzene rings is 2. The molecule has 1 atom stereocenters. The second-order valence-corrected chi connectivity index (χ2v) is 6.52. The molecule has 0 saturated heterocycles. The van der Waals surface area contributed by atoms with Crippen molar-refractivity contribution in [1.29, 1.82) is 0 Å². The molecule has 0 aliphatic carbocycles. The van der Waals surface area contributed by atoms with Crippen LogP contribution < -0.4 is 19.7 Å². The van der Waals surface area contributed by atoms with Crippen molar-refractivity contribution in [3.8, 4) is 11.5 Å². The van der Waals surface area contributed by atoms with Gasteiger partial charge in [0.05, 0.1) is 30.2 Å². The van der Waals surface area contributed by atoms with E-state index < -0.39 is 6.17 Å². The first-order valence-corrected chi connectivity index (χ1v) is 9.72. The third-order valence-corrected chi connectivity index (χ3v) is 4.69. The maximum atomic E-state index is 13.2. The summed E-state index contributed by atoms with van der Waals surface area (Å²) in [7, 11) is 0. The molecule has 4 rings (SSSR count). The van der Waals surface area contributed by atoms with Crippen LogP contribution >= 0.6 is 0 Å². The fourth-order valence-electron chi connectivity index (χ4n) is 3.48. The molecule has 6 heteroatoms. The standard InChI is InChI=1S/C23H23N3O3/c1-3-28-17-12-13-20(29-4-2)19(15-17)25-22-21-18(11-8-14-24-21)23(27)26(22)16-9-6-5-7-10-16/h5-15,22,25H,3-4H2,1-2H3/t22-/m1/s1. The number of amides is 1. The summed E-state index contributed by atoms with van der Waals surface area (Å²) in [6.45, 7) is 4.97. The maximum absolute atomic E-state index is 13.2. The van der Waals surface area contributed by atoms with Crippen molar-refractivity contribution < 1.29 is 14.3 Å². The Kier molecular flexibility index (Phi) is 5.33. The first kappa shape index (κ1) is 18.8. The number of para-hydroxylation sites is 1. The summed E-state index contributed by atoms with van der Waals surface area (Å²) in [6, 6.07) is 18.8. The smallest absolute Gasteiger partial charge is 0.262 e. The van der Waals surface area contributed by atoms with Crippen LogP contribution in [0.4, 0.5) is 11.4 Å². The summed E-state index contributed by atoms with van der Waals surface area (Å²) < 4.78 is 11.4. The highest BCUT2D eigenvalue weighted by atomic mass is 16.5. The molecule has 148 valence electrons. The lowest BCUT2D eigenvalue weighted by Crippen LogP contribution is -2.32. The van der Waals surface area contributed by atoms with Crippen LogP contribution in [0.25, 0.3) is 0 Å². The molecule has 2 aromatic carbocycles. The Morgan fingerprint density at radius 2 is 1.79 bits per heavy atom. The number of fused-ring (bicyclic) bond motifs is 1. The predicted octanol–water partition coefficient (Wildman–Crippen LogP) is 4.65. The van der Waals surface area contributed by atoms with E-state index in [4.69, 9.17) is 9.47 Å². The molecule has 29 heavy (non-hydrogen) atoms. The quantitative estimate of drug-likeness (QED) is 0.637. The van der Waals surface area contributed by atoms with Crippen LogP contribution in [0.15, 0.2) is 66.9 Å². The van der Waals surface area contributed by atoms with Crippen molar-refractivity contribution in [2.45, 2.75) is 20.0 Å². The SMILES string of the molecule is CCOc1ccc(OCC)c(N[C@H]2c3ncccc3C(=O)N2c2ccccc2)c1. The van der Waals surface area contributed by atoms with Crippen LogP contribution in [-0.2, 0) is 0 Å². The maximum Gasteiger partial charge on any atom is 0.262 e. The number of nitrogens with zero attached hydrogens (tertiary/aromatic N) is 2. The van der Waals surface area contributed by atoms with E-state index >= 15 is 0 Å². The summed E-state index contributed by atoms with van der Waals surface area (Å²) >= 11 is 0. The third kappa shape index (κ3) is 3.61. The number of rotatable bonds is 7. The molecular formula is C23H23N3O3. The number of hydrogen-bond acceptors (Lipinski definition) is 5. The summed E-state index contributed by atoms with van der Waals surface area (Å²) in [5, 5.41) is 3.47. The zero-order chi connectivity index (χ0) is 20.2. The van der Waals surface area contributed by atoms with Gasteiger partial charge in [0.1, 0.15) is 11.5 Å². The van der Waals surface area contributed by atoms with Gasteiger partial charge in [-0.25, -0.2) is 0 Å². The van der Waals surface area contributed by atoms with E-state index in [2.05, 4.69) is 10.3 Å². The molecule has 1 aliphatic rings. The Morgan fingerprint density at radius 3 is 2.55 bits per heavy atom. The number of carbonyl (C=O) groups is 1. The largest absolute Gasteiger partial charge is 0.494 e. The van der Waals surface area contributed by atoms with Gasteiger partial charge in [-0.2, -0.15) is 0 Å². The van der Waals surface area contributed by atoms with Crippen molar-refractivity contribution in [1.82, 2.24) is 4.98 Å². The van der Waals surface area contributed by atoms with Crippen molar-refractivity contribution in [3.05, 3.63) is 78.1 Å². The molecule has 1 aliphatic heterocycles. The van der Waals surface area contributed by atoms with E-state index in [9.17, 15) is 4.79 Å². The fraction of sp³-hybridized carbons (Fsp3) is 0.217. The number of ether oxygens (including phenoxy) is 2. The first-order valence-electron chi connectivity index (χ1n) is 9.72. The fourth-order valence-corrected chi connectivity index (χ4v) is 3.48. The van der Waals surface area contributed by atoms with Crippen LogP contribution in [0.5, 0.6) is 11.5 Å². The highest BCUT2D eigenvalue weighted by molar-refractivity contribution is 6.11. The van der Waals surface area contributed by atoms with Gasteiger partial charge in [-0.3, -0.25) is 14.7 Å². The molecule has 1 amide bonds. The molecule has 0 fully saturated rings. The first-order chi connectivity index (χ1) is 14.2. The lowest BCUT2D eigenvalue weighted by Gasteiger charge is -2.27. The summed E-state index contributed by atoms with van der Waals surface area (Å²) in [4.78, 5) is 19.4. The number of pyridine rings is 1. The second kappa shape index (κ2) is 8.22. The van der Waals surface area contributed by atoms with Gasteiger partial charge in [0.2, 0.25) is 0 Å². The summed E-state index contributed by atoms with van der Waals surface area (Å²) in [5.74, 6) is 1.34. The average molecular weight is 389 g/mol. The van der Waals surface area contributed by atoms with Gasteiger partial charge < -0.3 is 14.8 Å². The van der Waals surface area contributed by atoms with E-state index in [1.54, 1.807) is 17.2 Å². The number of aromatic nitrogens is 1. The van der Waals surface area contributed by atoms with Gasteiger partial charge in [-0.05, 0) is 50.2 Å². The Labute approximate surface area is 170 Å². The van der Waals surface area contributed by atoms with E-state index in [1.807, 2.05) is 68.4 Å². The molecule has 0 bridgehead atoms.